The number of carbonyl (C=O) groups is 2. The van der Waals surface area contributed by atoms with Gasteiger partial charge in [-0.25, -0.2) is 0 Å². The van der Waals surface area contributed by atoms with Crippen LogP contribution < -0.4 is 0 Å². The molecule has 0 spiro atoms. The Bertz CT molecular complexity index is 551. The summed E-state index contributed by atoms with van der Waals surface area (Å²) in [6.45, 7) is 3.27. The van der Waals surface area contributed by atoms with Gasteiger partial charge in [-0.2, -0.15) is 0 Å². The van der Waals surface area contributed by atoms with Gasteiger partial charge in [0.1, 0.15) is 0 Å². The number of carboxylic acid groups (broad SMARTS) is 1. The predicted octanol–water partition coefficient (Wildman–Crippen LogP) is 2.72. The molecule has 2 rings (SSSR count). The zero-order valence-electron chi connectivity index (χ0n) is 12.3. The number of nitrogens with zero attached hydrogens (tertiary/aromatic N) is 1. The van der Waals surface area contributed by atoms with Gasteiger partial charge >= 0.3 is 5.97 Å². The van der Waals surface area contributed by atoms with Crippen LogP contribution in [0.2, 0.25) is 0 Å². The number of rotatable bonds is 4. The minimum atomic E-state index is -0.787. The molecule has 112 valence electrons. The molecule has 0 aromatic heterocycles. The Kier molecular flexibility index (Phi) is 5.14. The van der Waals surface area contributed by atoms with E-state index in [1.54, 1.807) is 11.0 Å². The van der Waals surface area contributed by atoms with Crippen molar-refractivity contribution in [3.05, 3.63) is 41.5 Å². The number of carbonyl (C=O) groups excluding carboxylic acids is 1. The van der Waals surface area contributed by atoms with Crippen LogP contribution in [0.5, 0.6) is 0 Å². The molecule has 0 saturated carbocycles. The molecule has 4 nitrogen and oxygen atoms in total. The van der Waals surface area contributed by atoms with Crippen molar-refractivity contribution in [2.24, 2.45) is 5.92 Å². The highest BCUT2D eigenvalue weighted by Gasteiger charge is 2.23. The molecule has 1 unspecified atom stereocenters. The minimum absolute atomic E-state index is 0.0356. The van der Waals surface area contributed by atoms with Crippen LogP contribution in [0, 0.1) is 12.8 Å². The van der Waals surface area contributed by atoms with Crippen molar-refractivity contribution in [2.45, 2.75) is 26.2 Å². The Balaban J connectivity index is 1.94. The van der Waals surface area contributed by atoms with Crippen LogP contribution in [-0.4, -0.2) is 35.0 Å². The smallest absolute Gasteiger partial charge is 0.303 e. The molecule has 0 aliphatic carbocycles. The number of benzene rings is 1. The van der Waals surface area contributed by atoms with Crippen LogP contribution in [0.3, 0.4) is 0 Å². The lowest BCUT2D eigenvalue weighted by Gasteiger charge is -2.31. The van der Waals surface area contributed by atoms with Gasteiger partial charge in [-0.05, 0) is 37.3 Å². The van der Waals surface area contributed by atoms with Crippen LogP contribution in [0.1, 0.15) is 30.4 Å². The van der Waals surface area contributed by atoms with Gasteiger partial charge in [0.25, 0.3) is 0 Å². The highest BCUT2D eigenvalue weighted by molar-refractivity contribution is 5.91. The molecule has 1 amide bonds. The van der Waals surface area contributed by atoms with Gasteiger partial charge in [0.05, 0.1) is 0 Å². The Hall–Kier alpha value is -2.10. The van der Waals surface area contributed by atoms with E-state index in [4.69, 9.17) is 5.11 Å². The van der Waals surface area contributed by atoms with Crippen molar-refractivity contribution in [1.29, 1.82) is 0 Å². The molecule has 1 atom stereocenters. The summed E-state index contributed by atoms with van der Waals surface area (Å²) in [5.74, 6) is -0.747. The molecule has 1 aromatic rings. The molecule has 1 N–H and O–H groups in total. The molecule has 1 saturated heterocycles. The number of piperidine rings is 1. The Labute approximate surface area is 125 Å². The third-order valence-corrected chi connectivity index (χ3v) is 3.75. The van der Waals surface area contributed by atoms with Gasteiger partial charge in [0.2, 0.25) is 5.91 Å². The summed E-state index contributed by atoms with van der Waals surface area (Å²) in [5.41, 5.74) is 2.16. The van der Waals surface area contributed by atoms with Crippen molar-refractivity contribution in [3.8, 4) is 0 Å². The monoisotopic (exact) mass is 287 g/mol. The molecule has 1 fully saturated rings. The molecule has 1 aliphatic rings. The maximum atomic E-state index is 12.2. The number of aliphatic carboxylic acids is 1. The summed E-state index contributed by atoms with van der Waals surface area (Å²) in [6.07, 6.45) is 5.30. The Morgan fingerprint density at radius 3 is 2.95 bits per heavy atom. The van der Waals surface area contributed by atoms with E-state index in [-0.39, 0.29) is 18.2 Å². The fraction of sp³-hybridized carbons (Fsp3) is 0.412. The quantitative estimate of drug-likeness (QED) is 0.866. The van der Waals surface area contributed by atoms with E-state index >= 15 is 0 Å². The SMILES string of the molecule is Cc1cccc(C=CC(=O)N2CCCC(CC(=O)O)C2)c1. The van der Waals surface area contributed by atoms with E-state index in [1.807, 2.05) is 37.3 Å². The van der Waals surface area contributed by atoms with E-state index < -0.39 is 5.97 Å². The van der Waals surface area contributed by atoms with Crippen molar-refractivity contribution >= 4 is 18.0 Å². The molecule has 1 aliphatic heterocycles. The molecule has 0 radical (unpaired) electrons. The average molecular weight is 287 g/mol. The standard InChI is InChI=1S/C17H21NO3/c1-13-4-2-5-14(10-13)7-8-16(19)18-9-3-6-15(12-18)11-17(20)21/h2,4-5,7-8,10,15H,3,6,9,11-12H2,1H3,(H,20,21). The average Bonchev–Trinajstić information content (AvgIpc) is 2.44. The van der Waals surface area contributed by atoms with Gasteiger partial charge in [0.15, 0.2) is 0 Å². The van der Waals surface area contributed by atoms with Gasteiger partial charge in [-0.15, -0.1) is 0 Å². The zero-order chi connectivity index (χ0) is 15.2. The largest absolute Gasteiger partial charge is 0.481 e. The lowest BCUT2D eigenvalue weighted by atomic mass is 9.95. The highest BCUT2D eigenvalue weighted by atomic mass is 16.4. The van der Waals surface area contributed by atoms with Crippen molar-refractivity contribution < 1.29 is 14.7 Å². The Morgan fingerprint density at radius 2 is 2.24 bits per heavy atom. The maximum Gasteiger partial charge on any atom is 0.303 e. The van der Waals surface area contributed by atoms with E-state index in [9.17, 15) is 9.59 Å². The number of aryl methyl sites for hydroxylation is 1. The summed E-state index contributed by atoms with van der Waals surface area (Å²) in [7, 11) is 0. The number of likely N-dealkylation sites (tertiary alicyclic amines) is 1. The second-order valence-electron chi connectivity index (χ2n) is 5.64. The van der Waals surface area contributed by atoms with Crippen LogP contribution >= 0.6 is 0 Å². The molecular formula is C17H21NO3. The first kappa shape index (κ1) is 15.3. The van der Waals surface area contributed by atoms with E-state index in [1.165, 1.54) is 0 Å². The summed E-state index contributed by atoms with van der Waals surface area (Å²) >= 11 is 0. The first-order valence-electron chi connectivity index (χ1n) is 7.30. The van der Waals surface area contributed by atoms with Crippen LogP contribution in [0.25, 0.3) is 6.08 Å². The zero-order valence-corrected chi connectivity index (χ0v) is 12.3. The van der Waals surface area contributed by atoms with Crippen molar-refractivity contribution in [3.63, 3.8) is 0 Å². The summed E-state index contributed by atoms with van der Waals surface area (Å²) in [6, 6.07) is 7.96. The number of amides is 1. The normalized spacial score (nSPS) is 18.9. The second kappa shape index (κ2) is 7.07. The summed E-state index contributed by atoms with van der Waals surface area (Å²) < 4.78 is 0. The van der Waals surface area contributed by atoms with E-state index in [2.05, 4.69) is 0 Å². The molecule has 21 heavy (non-hydrogen) atoms. The predicted molar refractivity (Wildman–Crippen MR) is 81.8 cm³/mol. The van der Waals surface area contributed by atoms with Crippen LogP contribution in [0.15, 0.2) is 30.3 Å². The van der Waals surface area contributed by atoms with Crippen LogP contribution in [0.4, 0.5) is 0 Å². The molecule has 1 heterocycles. The first-order chi connectivity index (χ1) is 10.0. The van der Waals surface area contributed by atoms with E-state index in [0.717, 1.165) is 24.0 Å². The lowest BCUT2D eigenvalue weighted by molar-refractivity contribution is -0.139. The number of hydrogen-bond donors (Lipinski definition) is 1. The number of hydrogen-bond acceptors (Lipinski definition) is 2. The first-order valence-corrected chi connectivity index (χ1v) is 7.30. The van der Waals surface area contributed by atoms with Crippen LogP contribution in [-0.2, 0) is 9.59 Å². The highest BCUT2D eigenvalue weighted by Crippen LogP contribution is 2.20. The molecular weight excluding hydrogens is 266 g/mol. The van der Waals surface area contributed by atoms with Crippen molar-refractivity contribution in [1.82, 2.24) is 4.90 Å². The number of carboxylic acids is 1. The molecule has 1 aromatic carbocycles. The minimum Gasteiger partial charge on any atom is -0.481 e. The second-order valence-corrected chi connectivity index (χ2v) is 5.64. The third kappa shape index (κ3) is 4.74. The van der Waals surface area contributed by atoms with Gasteiger partial charge < -0.3 is 10.0 Å². The third-order valence-electron chi connectivity index (χ3n) is 3.75. The van der Waals surface area contributed by atoms with Gasteiger partial charge in [-0.3, -0.25) is 9.59 Å². The van der Waals surface area contributed by atoms with Crippen molar-refractivity contribution in [2.75, 3.05) is 13.1 Å². The van der Waals surface area contributed by atoms with Gasteiger partial charge in [-0.1, -0.05) is 29.8 Å². The fourth-order valence-corrected chi connectivity index (χ4v) is 2.73. The Morgan fingerprint density at radius 1 is 1.43 bits per heavy atom. The molecule has 0 bridgehead atoms. The summed E-state index contributed by atoms with van der Waals surface area (Å²) in [4.78, 5) is 24.7. The van der Waals surface area contributed by atoms with E-state index in [0.29, 0.717) is 13.1 Å². The topological polar surface area (TPSA) is 57.6 Å². The molecule has 4 heteroatoms. The van der Waals surface area contributed by atoms with Gasteiger partial charge in [0, 0.05) is 25.6 Å². The summed E-state index contributed by atoms with van der Waals surface area (Å²) in [5, 5.41) is 8.85. The lowest BCUT2D eigenvalue weighted by Crippen LogP contribution is -2.39. The maximum absolute atomic E-state index is 12.2. The fourth-order valence-electron chi connectivity index (χ4n) is 2.73.